The summed E-state index contributed by atoms with van der Waals surface area (Å²) in [6.45, 7) is 6.16. The molecule has 28 heavy (non-hydrogen) atoms. The van der Waals surface area contributed by atoms with Gasteiger partial charge in [0.2, 0.25) is 5.91 Å². The number of hydrogen-bond donors (Lipinski definition) is 3. The first-order valence-electron chi connectivity index (χ1n) is 9.30. The van der Waals surface area contributed by atoms with Crippen LogP contribution in [0, 0.1) is 0 Å². The number of H-pyrrole nitrogens is 1. The van der Waals surface area contributed by atoms with Crippen LogP contribution in [0.25, 0.3) is 5.70 Å². The molecule has 0 saturated carbocycles. The summed E-state index contributed by atoms with van der Waals surface area (Å²) < 4.78 is 4.82. The molecule has 8 heteroatoms. The van der Waals surface area contributed by atoms with Gasteiger partial charge in [0.25, 0.3) is 0 Å². The summed E-state index contributed by atoms with van der Waals surface area (Å²) >= 11 is 0. The van der Waals surface area contributed by atoms with Gasteiger partial charge in [0.05, 0.1) is 11.9 Å². The quantitative estimate of drug-likeness (QED) is 0.647. The van der Waals surface area contributed by atoms with Crippen LogP contribution in [0.1, 0.15) is 12.0 Å². The molecule has 2 aromatic heterocycles. The lowest BCUT2D eigenvalue weighted by atomic mass is 10.2. The third-order valence-corrected chi connectivity index (χ3v) is 5.07. The van der Waals surface area contributed by atoms with Crippen molar-refractivity contribution in [1.29, 1.82) is 0 Å². The molecule has 2 aromatic rings. The predicted octanol–water partition coefficient (Wildman–Crippen LogP) is 2.22. The van der Waals surface area contributed by atoms with Crippen molar-refractivity contribution in [2.45, 2.75) is 12.5 Å². The van der Waals surface area contributed by atoms with Crippen LogP contribution in [0.2, 0.25) is 0 Å². The van der Waals surface area contributed by atoms with E-state index in [4.69, 9.17) is 4.74 Å². The van der Waals surface area contributed by atoms with Gasteiger partial charge in [-0.2, -0.15) is 0 Å². The minimum atomic E-state index is -0.193. The maximum atomic E-state index is 11.6. The topological polar surface area (TPSA) is 85.5 Å². The first kappa shape index (κ1) is 19.8. The van der Waals surface area contributed by atoms with E-state index in [1.54, 1.807) is 6.20 Å². The molecule has 1 atom stereocenters. The number of anilines is 3. The molecular weight excluding hydrogens is 356 g/mol. The van der Waals surface area contributed by atoms with E-state index in [2.05, 4.69) is 44.0 Å². The molecule has 150 valence electrons. The zero-order valence-corrected chi connectivity index (χ0v) is 16.7. The van der Waals surface area contributed by atoms with Crippen molar-refractivity contribution in [2.24, 2.45) is 0 Å². The Morgan fingerprint density at radius 1 is 1.46 bits per heavy atom. The number of amides is 1. The second-order valence-corrected chi connectivity index (χ2v) is 6.85. The molecular formula is C20H28N6O2. The SMILES string of the molecule is C=C(c1cc[nH]c1NC)N1CCC(N(C)c2ccc(NC(=O)COC)cn2)C1. The Balaban J connectivity index is 1.60. The second kappa shape index (κ2) is 8.79. The summed E-state index contributed by atoms with van der Waals surface area (Å²) in [7, 11) is 5.44. The fourth-order valence-corrected chi connectivity index (χ4v) is 3.47. The highest BCUT2D eigenvalue weighted by Gasteiger charge is 2.28. The van der Waals surface area contributed by atoms with Gasteiger partial charge in [0.1, 0.15) is 18.2 Å². The van der Waals surface area contributed by atoms with Crippen LogP contribution in [-0.4, -0.2) is 67.7 Å². The Labute approximate surface area is 165 Å². The van der Waals surface area contributed by atoms with Crippen molar-refractivity contribution in [3.05, 3.63) is 42.7 Å². The van der Waals surface area contributed by atoms with Crippen molar-refractivity contribution >= 4 is 28.9 Å². The van der Waals surface area contributed by atoms with E-state index in [0.717, 1.165) is 42.4 Å². The standard InChI is InChI=1S/C20H28N6O2/c1-14(17-7-9-22-20(17)21-2)26-10-8-16(12-26)25(3)18-6-5-15(11-23-18)24-19(27)13-28-4/h5-7,9,11,16,21-22H,1,8,10,12-13H2,2-4H3,(H,24,27). The molecule has 3 heterocycles. The second-order valence-electron chi connectivity index (χ2n) is 6.85. The number of rotatable bonds is 8. The van der Waals surface area contributed by atoms with Crippen molar-refractivity contribution in [3.8, 4) is 0 Å². The van der Waals surface area contributed by atoms with E-state index in [1.807, 2.05) is 31.4 Å². The van der Waals surface area contributed by atoms with E-state index in [0.29, 0.717) is 11.7 Å². The molecule has 3 rings (SSSR count). The van der Waals surface area contributed by atoms with Gasteiger partial charge in [-0.1, -0.05) is 6.58 Å². The van der Waals surface area contributed by atoms with Crippen molar-refractivity contribution in [3.63, 3.8) is 0 Å². The number of hydrogen-bond acceptors (Lipinski definition) is 6. The molecule has 0 aromatic carbocycles. The summed E-state index contributed by atoms with van der Waals surface area (Å²) in [6.07, 6.45) is 4.62. The minimum absolute atomic E-state index is 0.0276. The highest BCUT2D eigenvalue weighted by molar-refractivity contribution is 5.91. The molecule has 1 aliphatic heterocycles. The number of aromatic amines is 1. The van der Waals surface area contributed by atoms with Crippen molar-refractivity contribution in [2.75, 3.05) is 56.4 Å². The van der Waals surface area contributed by atoms with Crippen LogP contribution in [0.15, 0.2) is 37.2 Å². The fourth-order valence-electron chi connectivity index (χ4n) is 3.47. The zero-order chi connectivity index (χ0) is 20.1. The number of pyridine rings is 1. The molecule has 1 fully saturated rings. The van der Waals surface area contributed by atoms with Crippen LogP contribution in [0.5, 0.6) is 0 Å². The smallest absolute Gasteiger partial charge is 0.250 e. The Bertz CT molecular complexity index is 816. The van der Waals surface area contributed by atoms with E-state index in [9.17, 15) is 4.79 Å². The molecule has 8 nitrogen and oxygen atoms in total. The van der Waals surface area contributed by atoms with Gasteiger partial charge in [-0.3, -0.25) is 4.79 Å². The zero-order valence-electron chi connectivity index (χ0n) is 16.7. The third-order valence-electron chi connectivity index (χ3n) is 5.07. The van der Waals surface area contributed by atoms with E-state index in [1.165, 1.54) is 7.11 Å². The minimum Gasteiger partial charge on any atom is -0.375 e. The molecule has 0 spiro atoms. The largest absolute Gasteiger partial charge is 0.375 e. The third kappa shape index (κ3) is 4.28. The number of ether oxygens (including phenoxy) is 1. The fraction of sp³-hybridized carbons (Fsp3) is 0.400. The van der Waals surface area contributed by atoms with Gasteiger partial charge in [-0.15, -0.1) is 0 Å². The first-order valence-corrected chi connectivity index (χ1v) is 9.30. The highest BCUT2D eigenvalue weighted by Crippen LogP contribution is 2.29. The lowest BCUT2D eigenvalue weighted by Crippen LogP contribution is -2.34. The van der Waals surface area contributed by atoms with Gasteiger partial charge < -0.3 is 30.2 Å². The number of aromatic nitrogens is 2. The van der Waals surface area contributed by atoms with Gasteiger partial charge in [-0.05, 0) is 24.6 Å². The van der Waals surface area contributed by atoms with Gasteiger partial charge in [0.15, 0.2) is 0 Å². The van der Waals surface area contributed by atoms with Gasteiger partial charge in [0, 0.05) is 57.8 Å². The molecule has 0 aliphatic carbocycles. The molecule has 0 bridgehead atoms. The summed E-state index contributed by atoms with van der Waals surface area (Å²) in [4.78, 5) is 23.8. The molecule has 1 aliphatic rings. The van der Waals surface area contributed by atoms with Crippen LogP contribution in [-0.2, 0) is 9.53 Å². The molecule has 1 saturated heterocycles. The first-order chi connectivity index (χ1) is 13.5. The molecule has 3 N–H and O–H groups in total. The maximum absolute atomic E-state index is 11.6. The lowest BCUT2D eigenvalue weighted by Gasteiger charge is -2.27. The summed E-state index contributed by atoms with van der Waals surface area (Å²) in [6, 6.07) is 6.17. The molecule has 1 unspecified atom stereocenters. The van der Waals surface area contributed by atoms with Crippen LogP contribution in [0.3, 0.4) is 0 Å². The number of carbonyl (C=O) groups excluding carboxylic acids is 1. The maximum Gasteiger partial charge on any atom is 0.250 e. The number of likely N-dealkylation sites (N-methyl/N-ethyl adjacent to an activating group) is 1. The summed E-state index contributed by atoms with van der Waals surface area (Å²) in [5.74, 6) is 1.66. The summed E-state index contributed by atoms with van der Waals surface area (Å²) in [5.41, 5.74) is 2.78. The monoisotopic (exact) mass is 384 g/mol. The Morgan fingerprint density at radius 3 is 2.96 bits per heavy atom. The van der Waals surface area contributed by atoms with E-state index in [-0.39, 0.29) is 12.5 Å². The van der Waals surface area contributed by atoms with Crippen molar-refractivity contribution in [1.82, 2.24) is 14.9 Å². The van der Waals surface area contributed by atoms with Gasteiger partial charge >= 0.3 is 0 Å². The number of likely N-dealkylation sites (tertiary alicyclic amines) is 1. The van der Waals surface area contributed by atoms with E-state index < -0.39 is 0 Å². The lowest BCUT2D eigenvalue weighted by molar-refractivity contribution is -0.119. The van der Waals surface area contributed by atoms with E-state index >= 15 is 0 Å². The normalized spacial score (nSPS) is 16.1. The van der Waals surface area contributed by atoms with Gasteiger partial charge in [-0.25, -0.2) is 4.98 Å². The predicted molar refractivity (Wildman–Crippen MR) is 112 cm³/mol. The number of methoxy groups -OCH3 is 1. The Morgan fingerprint density at radius 2 is 2.29 bits per heavy atom. The van der Waals surface area contributed by atoms with Crippen LogP contribution < -0.4 is 15.5 Å². The average Bonchev–Trinajstić information content (AvgIpc) is 3.37. The number of nitrogens with zero attached hydrogens (tertiary/aromatic N) is 3. The average molecular weight is 384 g/mol. The number of carbonyl (C=O) groups is 1. The summed E-state index contributed by atoms with van der Waals surface area (Å²) in [5, 5.41) is 5.92. The number of nitrogens with one attached hydrogen (secondary N) is 3. The molecule has 0 radical (unpaired) electrons. The van der Waals surface area contributed by atoms with Crippen molar-refractivity contribution < 1.29 is 9.53 Å². The highest BCUT2D eigenvalue weighted by atomic mass is 16.5. The van der Waals surface area contributed by atoms with Crippen LogP contribution >= 0.6 is 0 Å². The Kier molecular flexibility index (Phi) is 6.20. The van der Waals surface area contributed by atoms with Crippen LogP contribution in [0.4, 0.5) is 17.3 Å². The Hall–Kier alpha value is -3.00. The molecule has 1 amide bonds.